The van der Waals surface area contributed by atoms with Gasteiger partial charge in [-0.2, -0.15) is 0 Å². The van der Waals surface area contributed by atoms with Gasteiger partial charge in [0.15, 0.2) is 17.5 Å². The Kier molecular flexibility index (Phi) is 6.77. The van der Waals surface area contributed by atoms with Crippen LogP contribution >= 0.6 is 0 Å². The second kappa shape index (κ2) is 12.6. The van der Waals surface area contributed by atoms with E-state index < -0.39 is 0 Å². The summed E-state index contributed by atoms with van der Waals surface area (Å²) < 4.78 is 9.41. The maximum absolute atomic E-state index is 6.96. The SMILES string of the molecule is c1ccc(-c2nc(-c3ccc4c(ccc5ccccc54)c3)nc(-c3cccc4c3oc3cccc(-n5c6cccc7c8ccccc8c8c9ccccc9cc5c8c76)c34)n2)cc1. The Hall–Kier alpha value is -8.41. The Balaban J connectivity index is 1.02. The molecule has 0 aliphatic rings. The molecule has 0 atom stereocenters. The highest BCUT2D eigenvalue weighted by Crippen LogP contribution is 2.48. The molecule has 0 aliphatic carbocycles. The Labute approximate surface area is 354 Å². The molecule has 0 aliphatic heterocycles. The topological polar surface area (TPSA) is 56.7 Å². The highest BCUT2D eigenvalue weighted by atomic mass is 16.3. The molecular formula is C57H32N4O. The van der Waals surface area contributed by atoms with E-state index in [2.05, 4.69) is 168 Å². The van der Waals surface area contributed by atoms with Crippen molar-refractivity contribution in [2.24, 2.45) is 0 Å². The molecule has 0 N–H and O–H groups in total. The lowest BCUT2D eigenvalue weighted by Crippen LogP contribution is -2.00. The number of fused-ring (bicyclic) bond motifs is 11. The summed E-state index contributed by atoms with van der Waals surface area (Å²) in [6, 6.07) is 69.0. The first-order chi connectivity index (χ1) is 30.7. The fraction of sp³-hybridized carbons (Fsp3) is 0. The van der Waals surface area contributed by atoms with E-state index in [1.807, 2.05) is 30.3 Å². The van der Waals surface area contributed by atoms with Gasteiger partial charge in [-0.3, -0.25) is 0 Å². The van der Waals surface area contributed by atoms with Crippen LogP contribution in [0.1, 0.15) is 0 Å². The average Bonchev–Trinajstić information content (AvgIpc) is 3.89. The van der Waals surface area contributed by atoms with Crippen LogP contribution in [0.4, 0.5) is 0 Å². The van der Waals surface area contributed by atoms with Gasteiger partial charge >= 0.3 is 0 Å². The van der Waals surface area contributed by atoms with Crippen molar-refractivity contribution in [3.63, 3.8) is 0 Å². The summed E-state index contributed by atoms with van der Waals surface area (Å²) in [5.74, 6) is 1.77. The average molecular weight is 789 g/mol. The standard InChI is InChI=1S/C57H32N4O/c1-2-14-34(15-3-1)55-58-56(37-29-30-39-36(31-37)28-27-33-13-4-6-17-38(33)39)60-57(59-55)45-23-10-22-44-51-46(25-12-26-49(51)62-54(44)45)61-47-24-11-21-43-41-19-8-9-20-42(41)50-40-18-7-5-16-35(40)32-48(61)53(50)52(43)47/h1-32H. The summed E-state index contributed by atoms with van der Waals surface area (Å²) in [7, 11) is 0. The van der Waals surface area contributed by atoms with Crippen molar-refractivity contribution < 1.29 is 4.42 Å². The predicted molar refractivity (Wildman–Crippen MR) is 256 cm³/mol. The number of para-hydroxylation sites is 1. The van der Waals surface area contributed by atoms with Crippen molar-refractivity contribution in [1.82, 2.24) is 19.5 Å². The minimum Gasteiger partial charge on any atom is -0.455 e. The summed E-state index contributed by atoms with van der Waals surface area (Å²) in [5, 5.41) is 16.9. The van der Waals surface area contributed by atoms with Gasteiger partial charge in [0, 0.05) is 32.7 Å². The largest absolute Gasteiger partial charge is 0.455 e. The number of rotatable bonds is 4. The molecule has 0 bridgehead atoms. The summed E-state index contributed by atoms with van der Waals surface area (Å²) in [4.78, 5) is 15.5. The second-order valence-electron chi connectivity index (χ2n) is 16.3. The highest BCUT2D eigenvalue weighted by molar-refractivity contribution is 6.39. The molecule has 0 unspecified atom stereocenters. The molecule has 3 aromatic heterocycles. The van der Waals surface area contributed by atoms with Crippen molar-refractivity contribution in [1.29, 1.82) is 0 Å². The molecule has 62 heavy (non-hydrogen) atoms. The van der Waals surface area contributed by atoms with Crippen LogP contribution in [0.3, 0.4) is 0 Å². The van der Waals surface area contributed by atoms with Gasteiger partial charge in [0.05, 0.1) is 27.7 Å². The van der Waals surface area contributed by atoms with Gasteiger partial charge in [0.2, 0.25) is 0 Å². The molecular weight excluding hydrogens is 757 g/mol. The smallest absolute Gasteiger partial charge is 0.167 e. The van der Waals surface area contributed by atoms with E-state index in [1.54, 1.807) is 0 Å². The monoisotopic (exact) mass is 788 g/mol. The van der Waals surface area contributed by atoms with Crippen molar-refractivity contribution in [3.05, 3.63) is 194 Å². The predicted octanol–water partition coefficient (Wildman–Crippen LogP) is 15.1. The van der Waals surface area contributed by atoms with Crippen molar-refractivity contribution in [2.45, 2.75) is 0 Å². The van der Waals surface area contributed by atoms with Gasteiger partial charge < -0.3 is 8.98 Å². The van der Waals surface area contributed by atoms with E-state index in [0.29, 0.717) is 17.5 Å². The molecule has 14 aromatic rings. The van der Waals surface area contributed by atoms with Crippen LogP contribution in [-0.4, -0.2) is 19.5 Å². The third-order valence-corrected chi connectivity index (χ3v) is 12.9. The Morgan fingerprint density at radius 1 is 0.339 bits per heavy atom. The molecule has 11 aromatic carbocycles. The number of benzene rings is 11. The normalized spacial score (nSPS) is 12.2. The van der Waals surface area contributed by atoms with Crippen LogP contribution in [-0.2, 0) is 0 Å². The van der Waals surface area contributed by atoms with E-state index in [4.69, 9.17) is 19.4 Å². The van der Waals surface area contributed by atoms with Crippen LogP contribution in [0.5, 0.6) is 0 Å². The van der Waals surface area contributed by atoms with E-state index in [0.717, 1.165) is 49.7 Å². The van der Waals surface area contributed by atoms with Crippen LogP contribution in [0.2, 0.25) is 0 Å². The molecule has 0 spiro atoms. The Bertz CT molecular complexity index is 4160. The molecule has 3 heterocycles. The molecule has 286 valence electrons. The first kappa shape index (κ1) is 33.4. The van der Waals surface area contributed by atoms with E-state index >= 15 is 0 Å². The molecule has 0 radical (unpaired) electrons. The van der Waals surface area contributed by atoms with Crippen LogP contribution in [0.15, 0.2) is 199 Å². The number of nitrogens with zero attached hydrogens (tertiary/aromatic N) is 4. The number of furan rings is 1. The fourth-order valence-corrected chi connectivity index (χ4v) is 10.3. The molecule has 0 fully saturated rings. The first-order valence-corrected chi connectivity index (χ1v) is 21.0. The lowest BCUT2D eigenvalue weighted by molar-refractivity contribution is 0.669. The van der Waals surface area contributed by atoms with E-state index in [9.17, 15) is 0 Å². The van der Waals surface area contributed by atoms with Gasteiger partial charge in [-0.1, -0.05) is 158 Å². The van der Waals surface area contributed by atoms with E-state index in [-0.39, 0.29) is 0 Å². The first-order valence-electron chi connectivity index (χ1n) is 21.0. The molecule has 5 heteroatoms. The van der Waals surface area contributed by atoms with Gasteiger partial charge in [-0.25, -0.2) is 15.0 Å². The minimum atomic E-state index is 0.556. The summed E-state index contributed by atoms with van der Waals surface area (Å²) >= 11 is 0. The molecule has 0 saturated carbocycles. The highest BCUT2D eigenvalue weighted by Gasteiger charge is 2.25. The van der Waals surface area contributed by atoms with Gasteiger partial charge in [0.1, 0.15) is 11.2 Å². The molecule has 14 rings (SSSR count). The Morgan fingerprint density at radius 2 is 0.968 bits per heavy atom. The third-order valence-electron chi connectivity index (χ3n) is 12.9. The lowest BCUT2D eigenvalue weighted by Gasteiger charge is -2.12. The van der Waals surface area contributed by atoms with Crippen molar-refractivity contribution >= 4 is 97.6 Å². The zero-order valence-electron chi connectivity index (χ0n) is 33.2. The quantitative estimate of drug-likeness (QED) is 0.167. The maximum atomic E-state index is 6.96. The van der Waals surface area contributed by atoms with E-state index in [1.165, 1.54) is 70.3 Å². The van der Waals surface area contributed by atoms with Crippen LogP contribution in [0.25, 0.3) is 137 Å². The third kappa shape index (κ3) is 4.65. The fourth-order valence-electron chi connectivity index (χ4n) is 10.3. The maximum Gasteiger partial charge on any atom is 0.167 e. The van der Waals surface area contributed by atoms with Crippen LogP contribution < -0.4 is 0 Å². The summed E-state index contributed by atoms with van der Waals surface area (Å²) in [6.07, 6.45) is 0. The molecule has 5 nitrogen and oxygen atoms in total. The van der Waals surface area contributed by atoms with Crippen LogP contribution in [0, 0.1) is 0 Å². The molecule has 0 amide bonds. The van der Waals surface area contributed by atoms with Crippen molar-refractivity contribution in [3.8, 4) is 39.9 Å². The molecule has 0 saturated heterocycles. The zero-order chi connectivity index (χ0) is 40.5. The summed E-state index contributed by atoms with van der Waals surface area (Å²) in [6.45, 7) is 0. The minimum absolute atomic E-state index is 0.556. The van der Waals surface area contributed by atoms with Gasteiger partial charge in [-0.15, -0.1) is 0 Å². The number of aromatic nitrogens is 4. The zero-order valence-corrected chi connectivity index (χ0v) is 33.2. The lowest BCUT2D eigenvalue weighted by atomic mass is 9.91. The number of hydrogen-bond acceptors (Lipinski definition) is 4. The number of hydrogen-bond donors (Lipinski definition) is 0. The van der Waals surface area contributed by atoms with Gasteiger partial charge in [-0.05, 0) is 84.9 Å². The second-order valence-corrected chi connectivity index (χ2v) is 16.3. The van der Waals surface area contributed by atoms with Gasteiger partial charge in [0.25, 0.3) is 0 Å². The van der Waals surface area contributed by atoms with Crippen molar-refractivity contribution in [2.75, 3.05) is 0 Å². The summed E-state index contributed by atoms with van der Waals surface area (Å²) in [5.41, 5.74) is 7.59. The Morgan fingerprint density at radius 3 is 1.85 bits per heavy atom.